The van der Waals surface area contributed by atoms with Gasteiger partial charge in [-0.3, -0.25) is 4.90 Å². The molecule has 3 rings (SSSR count). The molecule has 1 N–H and O–H groups in total. The molecule has 0 amide bonds. The smallest absolute Gasteiger partial charge is 0.118 e. The van der Waals surface area contributed by atoms with Crippen LogP contribution in [0.2, 0.25) is 0 Å². The van der Waals surface area contributed by atoms with E-state index in [2.05, 4.69) is 17.0 Å². The predicted molar refractivity (Wildman–Crippen MR) is 86.0 cm³/mol. The second-order valence-electron chi connectivity index (χ2n) is 6.55. The summed E-state index contributed by atoms with van der Waals surface area (Å²) in [6, 6.07) is 8.29. The van der Waals surface area contributed by atoms with Crippen LogP contribution in [0.1, 0.15) is 31.7 Å². The molecule has 0 aromatic heterocycles. The SMILES string of the molecule is CCO[C@@H]1C[C@@H](O)C12CCN(Cc1ccc(OC)cc1)CC2. The second-order valence-corrected chi connectivity index (χ2v) is 6.55. The Balaban J connectivity index is 1.55. The van der Waals surface area contributed by atoms with Crippen molar-refractivity contribution in [2.45, 2.75) is 44.9 Å². The third-order valence-corrected chi connectivity index (χ3v) is 5.46. The van der Waals surface area contributed by atoms with Crippen molar-refractivity contribution in [2.75, 3.05) is 26.8 Å². The predicted octanol–water partition coefficient (Wildman–Crippen LogP) is 2.45. The molecule has 1 heterocycles. The number of ether oxygens (including phenoxy) is 2. The van der Waals surface area contributed by atoms with Crippen molar-refractivity contribution < 1.29 is 14.6 Å². The molecule has 1 aromatic carbocycles. The fourth-order valence-corrected chi connectivity index (χ4v) is 3.93. The summed E-state index contributed by atoms with van der Waals surface area (Å²) in [6.45, 7) is 5.82. The maximum absolute atomic E-state index is 10.2. The molecule has 4 nitrogen and oxygen atoms in total. The van der Waals surface area contributed by atoms with Gasteiger partial charge >= 0.3 is 0 Å². The molecular weight excluding hydrogens is 278 g/mol. The van der Waals surface area contributed by atoms with Crippen LogP contribution in [-0.2, 0) is 11.3 Å². The van der Waals surface area contributed by atoms with E-state index in [-0.39, 0.29) is 17.6 Å². The summed E-state index contributed by atoms with van der Waals surface area (Å²) in [4.78, 5) is 2.47. The van der Waals surface area contributed by atoms with Crippen molar-refractivity contribution >= 4 is 0 Å². The molecule has 0 radical (unpaired) electrons. The number of aliphatic hydroxyl groups excluding tert-OH is 1. The summed E-state index contributed by atoms with van der Waals surface area (Å²) in [5.74, 6) is 0.901. The molecule has 1 aromatic rings. The van der Waals surface area contributed by atoms with Gasteiger partial charge in [-0.25, -0.2) is 0 Å². The molecule has 1 spiro atoms. The number of aliphatic hydroxyl groups is 1. The fourth-order valence-electron chi connectivity index (χ4n) is 3.93. The Morgan fingerprint density at radius 2 is 1.91 bits per heavy atom. The number of piperidine rings is 1. The van der Waals surface area contributed by atoms with Crippen LogP contribution in [0.3, 0.4) is 0 Å². The van der Waals surface area contributed by atoms with Gasteiger partial charge in [0, 0.05) is 25.0 Å². The standard InChI is InChI=1S/C18H27NO3/c1-3-22-17-12-16(20)18(17)8-10-19(11-9-18)13-14-4-6-15(21-2)7-5-14/h4-7,16-17,20H,3,8-13H2,1-2H3/t16-,17-/m1/s1. The molecule has 1 aliphatic heterocycles. The second kappa shape index (κ2) is 6.57. The number of methoxy groups -OCH3 is 1. The zero-order valence-corrected chi connectivity index (χ0v) is 13.6. The first-order valence-corrected chi connectivity index (χ1v) is 8.33. The first-order valence-electron chi connectivity index (χ1n) is 8.33. The highest BCUT2D eigenvalue weighted by molar-refractivity contribution is 5.27. The maximum Gasteiger partial charge on any atom is 0.118 e. The largest absolute Gasteiger partial charge is 0.497 e. The molecule has 2 atom stereocenters. The Morgan fingerprint density at radius 1 is 1.23 bits per heavy atom. The molecule has 0 unspecified atom stereocenters. The first kappa shape index (κ1) is 15.8. The normalized spacial score (nSPS) is 27.6. The lowest BCUT2D eigenvalue weighted by molar-refractivity contribution is -0.209. The van der Waals surface area contributed by atoms with Crippen LogP contribution >= 0.6 is 0 Å². The minimum Gasteiger partial charge on any atom is -0.497 e. The Labute approximate surface area is 133 Å². The lowest BCUT2D eigenvalue weighted by Gasteiger charge is -2.56. The zero-order valence-electron chi connectivity index (χ0n) is 13.6. The molecule has 1 aliphatic carbocycles. The summed E-state index contributed by atoms with van der Waals surface area (Å²) >= 11 is 0. The van der Waals surface area contributed by atoms with Gasteiger partial charge in [0.15, 0.2) is 0 Å². The van der Waals surface area contributed by atoms with E-state index in [9.17, 15) is 5.11 Å². The zero-order chi connectivity index (χ0) is 15.6. The molecule has 2 fully saturated rings. The Bertz CT molecular complexity index is 478. The summed E-state index contributed by atoms with van der Waals surface area (Å²) in [6.07, 6.45) is 2.97. The van der Waals surface area contributed by atoms with Crippen LogP contribution in [-0.4, -0.2) is 49.0 Å². The molecular formula is C18H27NO3. The van der Waals surface area contributed by atoms with E-state index in [4.69, 9.17) is 9.47 Å². The third kappa shape index (κ3) is 2.87. The Hall–Kier alpha value is -1.10. The summed E-state index contributed by atoms with van der Waals surface area (Å²) < 4.78 is 11.0. The van der Waals surface area contributed by atoms with Gasteiger partial charge in [-0.1, -0.05) is 12.1 Å². The Kier molecular flexibility index (Phi) is 4.71. The summed E-state index contributed by atoms with van der Waals surface area (Å²) in [5, 5.41) is 10.2. The minimum atomic E-state index is -0.174. The van der Waals surface area contributed by atoms with Crippen LogP contribution < -0.4 is 4.74 Å². The van der Waals surface area contributed by atoms with Gasteiger partial charge in [0.1, 0.15) is 5.75 Å². The third-order valence-electron chi connectivity index (χ3n) is 5.46. The van der Waals surface area contributed by atoms with Crippen molar-refractivity contribution in [1.29, 1.82) is 0 Å². The van der Waals surface area contributed by atoms with Gasteiger partial charge < -0.3 is 14.6 Å². The van der Waals surface area contributed by atoms with Crippen LogP contribution in [0, 0.1) is 5.41 Å². The van der Waals surface area contributed by atoms with Crippen LogP contribution in [0.25, 0.3) is 0 Å². The van der Waals surface area contributed by atoms with Crippen LogP contribution in [0.15, 0.2) is 24.3 Å². The lowest BCUT2D eigenvalue weighted by atomic mass is 9.58. The number of likely N-dealkylation sites (tertiary alicyclic amines) is 1. The maximum atomic E-state index is 10.2. The highest BCUT2D eigenvalue weighted by Crippen LogP contribution is 2.51. The van der Waals surface area contributed by atoms with Crippen molar-refractivity contribution in [2.24, 2.45) is 5.41 Å². The van der Waals surface area contributed by atoms with Crippen molar-refractivity contribution in [3.8, 4) is 5.75 Å². The van der Waals surface area contributed by atoms with Crippen LogP contribution in [0.5, 0.6) is 5.75 Å². The highest BCUT2D eigenvalue weighted by atomic mass is 16.5. The van der Waals surface area contributed by atoms with E-state index in [1.165, 1.54) is 5.56 Å². The molecule has 2 aliphatic rings. The topological polar surface area (TPSA) is 41.9 Å². The minimum absolute atomic E-state index is 0.0203. The Morgan fingerprint density at radius 3 is 2.45 bits per heavy atom. The number of rotatable bonds is 5. The van der Waals surface area contributed by atoms with Crippen molar-refractivity contribution in [3.63, 3.8) is 0 Å². The van der Waals surface area contributed by atoms with Crippen molar-refractivity contribution in [1.82, 2.24) is 4.90 Å². The molecule has 4 heteroatoms. The van der Waals surface area contributed by atoms with Crippen molar-refractivity contribution in [3.05, 3.63) is 29.8 Å². The number of benzene rings is 1. The molecule has 1 saturated heterocycles. The first-order chi connectivity index (χ1) is 10.7. The average Bonchev–Trinajstić information content (AvgIpc) is 2.56. The van der Waals surface area contributed by atoms with Gasteiger partial charge in [0.05, 0.1) is 19.3 Å². The average molecular weight is 305 g/mol. The van der Waals surface area contributed by atoms with Gasteiger partial charge in [0.2, 0.25) is 0 Å². The molecule has 122 valence electrons. The van der Waals surface area contributed by atoms with E-state index in [0.29, 0.717) is 0 Å². The monoisotopic (exact) mass is 305 g/mol. The van der Waals surface area contributed by atoms with Gasteiger partial charge in [0.25, 0.3) is 0 Å². The van der Waals surface area contributed by atoms with Gasteiger partial charge in [-0.15, -0.1) is 0 Å². The molecule has 1 saturated carbocycles. The van der Waals surface area contributed by atoms with Gasteiger partial charge in [-0.2, -0.15) is 0 Å². The van der Waals surface area contributed by atoms with E-state index in [0.717, 1.165) is 51.3 Å². The van der Waals surface area contributed by atoms with E-state index in [1.54, 1.807) is 7.11 Å². The molecule has 0 bridgehead atoms. The van der Waals surface area contributed by atoms with E-state index in [1.807, 2.05) is 19.1 Å². The highest BCUT2D eigenvalue weighted by Gasteiger charge is 2.55. The van der Waals surface area contributed by atoms with E-state index < -0.39 is 0 Å². The molecule has 22 heavy (non-hydrogen) atoms. The fraction of sp³-hybridized carbons (Fsp3) is 0.667. The quantitative estimate of drug-likeness (QED) is 0.907. The van der Waals surface area contributed by atoms with E-state index >= 15 is 0 Å². The van der Waals surface area contributed by atoms with Crippen LogP contribution in [0.4, 0.5) is 0 Å². The van der Waals surface area contributed by atoms with Gasteiger partial charge in [-0.05, 0) is 50.6 Å². The number of hydrogen-bond donors (Lipinski definition) is 1. The number of nitrogens with zero attached hydrogens (tertiary/aromatic N) is 1. The lowest BCUT2D eigenvalue weighted by Crippen LogP contribution is -2.62. The summed E-state index contributed by atoms with van der Waals surface area (Å²) in [7, 11) is 1.69. The summed E-state index contributed by atoms with van der Waals surface area (Å²) in [5.41, 5.74) is 1.33. The number of hydrogen-bond acceptors (Lipinski definition) is 4.